The number of nitrogens with one attached hydrogen (secondary N) is 2. The van der Waals surface area contributed by atoms with Gasteiger partial charge in [-0.2, -0.15) is 0 Å². The van der Waals surface area contributed by atoms with Crippen molar-refractivity contribution in [3.8, 4) is 0 Å². The summed E-state index contributed by atoms with van der Waals surface area (Å²) in [7, 11) is 0. The molecular weight excluding hydrogens is 272 g/mol. The maximum absolute atomic E-state index is 12.0. The minimum Gasteiger partial charge on any atom is -0.315 e. The summed E-state index contributed by atoms with van der Waals surface area (Å²) in [5, 5.41) is 5.32. The number of hydrogen-bond donors (Lipinski definition) is 2. The van der Waals surface area contributed by atoms with Gasteiger partial charge >= 0.3 is 0 Å². The van der Waals surface area contributed by atoms with Crippen LogP contribution in [0.2, 0.25) is 0 Å². The quantitative estimate of drug-likeness (QED) is 0.878. The molecular formula is C14H20N4OS. The molecule has 0 aliphatic carbocycles. The Morgan fingerprint density at radius 3 is 3.20 bits per heavy atom. The Kier molecular flexibility index (Phi) is 4.14. The Hall–Kier alpha value is -1.24. The smallest absolute Gasteiger partial charge is 0.268 e. The highest BCUT2D eigenvalue weighted by Crippen LogP contribution is 2.16. The molecule has 108 valence electrons. The number of hydrogen-bond acceptors (Lipinski definition) is 5. The topological polar surface area (TPSA) is 61.0 Å². The molecule has 2 aromatic rings. The predicted molar refractivity (Wildman–Crippen MR) is 82.2 cm³/mol. The summed E-state index contributed by atoms with van der Waals surface area (Å²) < 4.78 is 0.721. The van der Waals surface area contributed by atoms with Gasteiger partial charge in [-0.15, -0.1) is 11.3 Å². The number of nitrogens with zero attached hydrogens (tertiary/aromatic N) is 2. The Morgan fingerprint density at radius 1 is 1.55 bits per heavy atom. The fourth-order valence-corrected chi connectivity index (χ4v) is 3.54. The molecule has 1 atom stereocenters. The van der Waals surface area contributed by atoms with Crippen molar-refractivity contribution in [1.82, 2.24) is 20.2 Å². The van der Waals surface area contributed by atoms with E-state index in [1.54, 1.807) is 0 Å². The van der Waals surface area contributed by atoms with E-state index in [0.29, 0.717) is 6.04 Å². The van der Waals surface area contributed by atoms with Gasteiger partial charge in [0.15, 0.2) is 0 Å². The monoisotopic (exact) mass is 292 g/mol. The van der Waals surface area contributed by atoms with Gasteiger partial charge in [0.1, 0.15) is 10.5 Å². The average Bonchev–Trinajstić information content (AvgIpc) is 3.09. The molecule has 1 aliphatic rings. The average molecular weight is 292 g/mol. The zero-order valence-corrected chi connectivity index (χ0v) is 12.5. The second-order valence-electron chi connectivity index (χ2n) is 5.26. The number of H-pyrrole nitrogens is 1. The molecule has 0 spiro atoms. The number of aromatic nitrogens is 2. The molecule has 0 amide bonds. The third-order valence-corrected chi connectivity index (χ3v) is 4.68. The number of rotatable bonds is 5. The van der Waals surface area contributed by atoms with E-state index in [9.17, 15) is 4.79 Å². The number of aromatic amines is 1. The van der Waals surface area contributed by atoms with Crippen LogP contribution in [0.1, 0.15) is 25.6 Å². The summed E-state index contributed by atoms with van der Waals surface area (Å²) in [6.07, 6.45) is 2.28. The Morgan fingerprint density at radius 2 is 2.45 bits per heavy atom. The minimum absolute atomic E-state index is 0.0130. The molecule has 3 rings (SSSR count). The third-order valence-electron chi connectivity index (χ3n) is 3.78. The van der Waals surface area contributed by atoms with Gasteiger partial charge in [0.05, 0.1) is 12.1 Å². The van der Waals surface area contributed by atoms with E-state index in [2.05, 4.69) is 27.1 Å². The van der Waals surface area contributed by atoms with Gasteiger partial charge < -0.3 is 10.3 Å². The minimum atomic E-state index is -0.0130. The highest BCUT2D eigenvalue weighted by molar-refractivity contribution is 7.17. The van der Waals surface area contributed by atoms with Crippen LogP contribution in [0.4, 0.5) is 0 Å². The summed E-state index contributed by atoms with van der Waals surface area (Å²) in [5.41, 5.74) is 0.802. The molecule has 0 radical (unpaired) electrons. The van der Waals surface area contributed by atoms with Crippen LogP contribution in [-0.4, -0.2) is 40.5 Å². The van der Waals surface area contributed by atoms with Crippen LogP contribution < -0.4 is 10.9 Å². The third kappa shape index (κ3) is 2.77. The first-order valence-electron chi connectivity index (χ1n) is 7.19. The first-order valence-corrected chi connectivity index (χ1v) is 8.07. The lowest BCUT2D eigenvalue weighted by Crippen LogP contribution is -2.37. The molecule has 20 heavy (non-hydrogen) atoms. The molecule has 2 N–H and O–H groups in total. The van der Waals surface area contributed by atoms with Gasteiger partial charge in [-0.3, -0.25) is 9.69 Å². The van der Waals surface area contributed by atoms with Crippen LogP contribution in [0.15, 0.2) is 16.2 Å². The standard InChI is InChI=1S/C14H20N4OS/c1-2-6-18(10-3-5-15-8-10)9-12-16-11-4-7-20-13(11)14(19)17-12/h4,7,10,15H,2-3,5-6,8-9H2,1H3,(H,16,17,19). The molecule has 1 aliphatic heterocycles. The van der Waals surface area contributed by atoms with Crippen molar-refractivity contribution in [2.24, 2.45) is 0 Å². The summed E-state index contributed by atoms with van der Waals surface area (Å²) >= 11 is 1.45. The summed E-state index contributed by atoms with van der Waals surface area (Å²) in [6.45, 7) is 6.07. The normalized spacial score (nSPS) is 19.2. The van der Waals surface area contributed by atoms with E-state index < -0.39 is 0 Å². The lowest BCUT2D eigenvalue weighted by atomic mass is 10.2. The summed E-state index contributed by atoms with van der Waals surface area (Å²) in [4.78, 5) is 21.9. The number of thiophene rings is 1. The fourth-order valence-electron chi connectivity index (χ4n) is 2.82. The first-order chi connectivity index (χ1) is 9.78. The molecule has 6 heteroatoms. The van der Waals surface area contributed by atoms with Gasteiger partial charge in [0.25, 0.3) is 5.56 Å². The van der Waals surface area contributed by atoms with Gasteiger partial charge in [-0.25, -0.2) is 4.98 Å². The van der Waals surface area contributed by atoms with E-state index in [0.717, 1.165) is 48.6 Å². The van der Waals surface area contributed by atoms with Gasteiger partial charge in [-0.1, -0.05) is 6.92 Å². The van der Waals surface area contributed by atoms with Crippen molar-refractivity contribution >= 4 is 21.6 Å². The van der Waals surface area contributed by atoms with E-state index >= 15 is 0 Å². The van der Waals surface area contributed by atoms with Crippen LogP contribution in [0.25, 0.3) is 10.2 Å². The van der Waals surface area contributed by atoms with Crippen LogP contribution in [-0.2, 0) is 6.54 Å². The van der Waals surface area contributed by atoms with E-state index in [4.69, 9.17) is 0 Å². The SMILES string of the molecule is CCCN(Cc1nc2ccsc2c(=O)[nH]1)C1CCNC1. The summed E-state index contributed by atoms with van der Waals surface area (Å²) in [5.74, 6) is 0.779. The molecule has 2 aromatic heterocycles. The van der Waals surface area contributed by atoms with Crippen LogP contribution in [0, 0.1) is 0 Å². The Labute approximate surface area is 122 Å². The Bertz CT molecular complexity index is 629. The zero-order chi connectivity index (χ0) is 13.9. The molecule has 0 bridgehead atoms. The van der Waals surface area contributed by atoms with Crippen molar-refractivity contribution in [1.29, 1.82) is 0 Å². The van der Waals surface area contributed by atoms with E-state index in [-0.39, 0.29) is 5.56 Å². The molecule has 5 nitrogen and oxygen atoms in total. The maximum Gasteiger partial charge on any atom is 0.268 e. The van der Waals surface area contributed by atoms with Crippen LogP contribution in [0.5, 0.6) is 0 Å². The zero-order valence-electron chi connectivity index (χ0n) is 11.7. The lowest BCUT2D eigenvalue weighted by molar-refractivity contribution is 0.195. The largest absolute Gasteiger partial charge is 0.315 e. The molecule has 1 unspecified atom stereocenters. The predicted octanol–water partition coefficient (Wildman–Crippen LogP) is 1.56. The maximum atomic E-state index is 12.0. The van der Waals surface area contributed by atoms with Crippen molar-refractivity contribution in [3.05, 3.63) is 27.6 Å². The van der Waals surface area contributed by atoms with Crippen molar-refractivity contribution < 1.29 is 0 Å². The van der Waals surface area contributed by atoms with Crippen molar-refractivity contribution in [3.63, 3.8) is 0 Å². The van der Waals surface area contributed by atoms with E-state index in [1.165, 1.54) is 17.8 Å². The molecule has 1 saturated heterocycles. The second kappa shape index (κ2) is 6.03. The highest BCUT2D eigenvalue weighted by Gasteiger charge is 2.22. The van der Waals surface area contributed by atoms with Gasteiger partial charge in [0.2, 0.25) is 0 Å². The molecule has 1 fully saturated rings. The molecule has 0 saturated carbocycles. The van der Waals surface area contributed by atoms with Crippen molar-refractivity contribution in [2.45, 2.75) is 32.4 Å². The Balaban J connectivity index is 1.83. The lowest BCUT2D eigenvalue weighted by Gasteiger charge is -2.27. The van der Waals surface area contributed by atoms with E-state index in [1.807, 2.05) is 11.4 Å². The van der Waals surface area contributed by atoms with Crippen LogP contribution >= 0.6 is 11.3 Å². The molecule has 0 aromatic carbocycles. The van der Waals surface area contributed by atoms with Gasteiger partial charge in [-0.05, 0) is 37.4 Å². The van der Waals surface area contributed by atoms with Gasteiger partial charge in [0, 0.05) is 12.6 Å². The molecule has 3 heterocycles. The second-order valence-corrected chi connectivity index (χ2v) is 6.18. The summed E-state index contributed by atoms with van der Waals surface area (Å²) in [6, 6.07) is 2.47. The van der Waals surface area contributed by atoms with Crippen LogP contribution in [0.3, 0.4) is 0 Å². The fraction of sp³-hybridized carbons (Fsp3) is 0.571. The highest BCUT2D eigenvalue weighted by atomic mass is 32.1. The van der Waals surface area contributed by atoms with Crippen molar-refractivity contribution in [2.75, 3.05) is 19.6 Å². The number of fused-ring (bicyclic) bond motifs is 1. The first kappa shape index (κ1) is 13.7.